The van der Waals surface area contributed by atoms with Gasteiger partial charge in [-0.05, 0) is 17.7 Å². The van der Waals surface area contributed by atoms with Crippen LogP contribution in [0.5, 0.6) is 0 Å². The van der Waals surface area contributed by atoms with E-state index in [0.29, 0.717) is 36.9 Å². The van der Waals surface area contributed by atoms with Crippen LogP contribution in [0.25, 0.3) is 0 Å². The van der Waals surface area contributed by atoms with Crippen molar-refractivity contribution >= 4 is 44.7 Å². The van der Waals surface area contributed by atoms with Crippen molar-refractivity contribution in [1.29, 1.82) is 0 Å². The van der Waals surface area contributed by atoms with E-state index in [9.17, 15) is 23.3 Å². The van der Waals surface area contributed by atoms with Crippen molar-refractivity contribution in [2.75, 3.05) is 36.0 Å². The Morgan fingerprint density at radius 1 is 0.946 bits per heavy atom. The third kappa shape index (κ3) is 4.73. The van der Waals surface area contributed by atoms with E-state index in [2.05, 4.69) is 5.32 Å². The van der Waals surface area contributed by atoms with Crippen LogP contribution in [0.3, 0.4) is 0 Å². The van der Waals surface area contributed by atoms with Gasteiger partial charge in [0.1, 0.15) is 4.90 Å². The first-order chi connectivity index (χ1) is 17.8. The Morgan fingerprint density at radius 3 is 2.30 bits per heavy atom. The number of sulfonamides is 1. The minimum absolute atomic E-state index is 0.0343. The number of piperazine rings is 1. The van der Waals surface area contributed by atoms with Crippen LogP contribution in [0, 0.1) is 10.1 Å². The lowest BCUT2D eigenvalue weighted by molar-refractivity contribution is -0.385. The van der Waals surface area contributed by atoms with Crippen LogP contribution in [-0.2, 0) is 23.1 Å². The summed E-state index contributed by atoms with van der Waals surface area (Å²) in [5.74, 6) is 0. The summed E-state index contributed by atoms with van der Waals surface area (Å²) in [5.41, 5.74) is 1.24. The smallest absolute Gasteiger partial charge is 0.339 e. The maximum atomic E-state index is 14.1. The molecule has 0 spiro atoms. The molecule has 3 aromatic rings. The van der Waals surface area contributed by atoms with E-state index in [1.54, 1.807) is 12.1 Å². The number of nitrogens with one attached hydrogen (secondary N) is 1. The molecule has 37 heavy (non-hydrogen) atoms. The number of nitro groups is 1. The maximum absolute atomic E-state index is 14.1. The van der Waals surface area contributed by atoms with E-state index in [0.717, 1.165) is 9.87 Å². The van der Waals surface area contributed by atoms with Crippen molar-refractivity contribution in [3.05, 3.63) is 93.0 Å². The Balaban J connectivity index is 1.69. The normalized spacial score (nSPS) is 17.0. The first-order valence-electron chi connectivity index (χ1n) is 11.7. The lowest BCUT2D eigenvalue weighted by Gasteiger charge is -2.39. The van der Waals surface area contributed by atoms with Crippen molar-refractivity contribution in [3.63, 3.8) is 0 Å². The fraction of sp³-hybridized carbons (Fsp3) is 0.240. The summed E-state index contributed by atoms with van der Waals surface area (Å²) in [6, 6.07) is 17.3. The fourth-order valence-electron chi connectivity index (χ4n) is 4.67. The second-order valence-corrected chi connectivity index (χ2v) is 11.0. The molecule has 192 valence electrons. The molecule has 2 heterocycles. The predicted octanol–water partition coefficient (Wildman–Crippen LogP) is 3.99. The van der Waals surface area contributed by atoms with Crippen LogP contribution in [0.15, 0.2) is 71.6 Å². The van der Waals surface area contributed by atoms with Gasteiger partial charge in [0.05, 0.1) is 35.0 Å². The number of urea groups is 1. The average Bonchev–Trinajstić information content (AvgIpc) is 2.90. The van der Waals surface area contributed by atoms with Gasteiger partial charge in [-0.25, -0.2) is 17.5 Å². The minimum Gasteiger partial charge on any atom is -0.368 e. The molecule has 0 aromatic heterocycles. The lowest BCUT2D eigenvalue weighted by Crippen LogP contribution is -2.51. The van der Waals surface area contributed by atoms with E-state index >= 15 is 0 Å². The van der Waals surface area contributed by atoms with Gasteiger partial charge >= 0.3 is 6.03 Å². The molecule has 12 heteroatoms. The highest BCUT2D eigenvalue weighted by atomic mass is 35.5. The van der Waals surface area contributed by atoms with Gasteiger partial charge in [-0.3, -0.25) is 15.0 Å². The van der Waals surface area contributed by atoms with Gasteiger partial charge < -0.3 is 10.2 Å². The Morgan fingerprint density at radius 2 is 1.59 bits per heavy atom. The van der Waals surface area contributed by atoms with Crippen LogP contribution in [-0.4, -0.2) is 49.9 Å². The molecule has 2 amide bonds. The Bertz CT molecular complexity index is 1460. The molecule has 1 N–H and O–H groups in total. The van der Waals surface area contributed by atoms with E-state index in [1.165, 1.54) is 29.2 Å². The number of hydrogen-bond donors (Lipinski definition) is 1. The molecular formula is C25H24ClN5O5S. The fourth-order valence-corrected chi connectivity index (χ4v) is 6.60. The van der Waals surface area contributed by atoms with Gasteiger partial charge in [-0.2, -0.15) is 0 Å². The monoisotopic (exact) mass is 541 g/mol. The maximum Gasteiger partial charge on any atom is 0.339 e. The highest BCUT2D eigenvalue weighted by molar-refractivity contribution is 7.90. The van der Waals surface area contributed by atoms with Gasteiger partial charge in [-0.1, -0.05) is 60.1 Å². The summed E-state index contributed by atoms with van der Waals surface area (Å²) in [6.07, 6.45) is 0. The number of nitrogens with zero attached hydrogens (tertiary/aromatic N) is 4. The molecule has 0 atom stereocenters. The van der Waals surface area contributed by atoms with E-state index in [-0.39, 0.29) is 28.4 Å². The first-order valence-corrected chi connectivity index (χ1v) is 13.5. The Labute approximate surface area is 219 Å². The van der Waals surface area contributed by atoms with Crippen molar-refractivity contribution in [1.82, 2.24) is 9.62 Å². The van der Waals surface area contributed by atoms with Crippen molar-refractivity contribution in [2.45, 2.75) is 18.0 Å². The Kier molecular flexibility index (Phi) is 6.76. The van der Waals surface area contributed by atoms with E-state index in [4.69, 9.17) is 11.6 Å². The summed E-state index contributed by atoms with van der Waals surface area (Å²) < 4.78 is 28.9. The van der Waals surface area contributed by atoms with Gasteiger partial charge in [0.2, 0.25) is 0 Å². The zero-order valence-corrected chi connectivity index (χ0v) is 21.3. The lowest BCUT2D eigenvalue weighted by atomic mass is 10.1. The number of anilines is 2. The second kappa shape index (κ2) is 10.0. The SMILES string of the molecule is O=C1N(Cc2ccccc2)c2cc(Cl)cc(N3CCNCC3)c2S(=O)(=O)N1Cc1ccccc1[N+](=O)[O-]. The second-order valence-electron chi connectivity index (χ2n) is 8.76. The van der Waals surface area contributed by atoms with Crippen LogP contribution >= 0.6 is 11.6 Å². The van der Waals surface area contributed by atoms with Gasteiger partial charge in [0, 0.05) is 37.3 Å². The number of carbonyl (C=O) groups excluding carboxylic acids is 1. The quantitative estimate of drug-likeness (QED) is 0.370. The number of amides is 2. The minimum atomic E-state index is -4.40. The number of nitro benzene ring substituents is 1. The number of fused-ring (bicyclic) bond motifs is 1. The van der Waals surface area contributed by atoms with Crippen LogP contribution in [0.2, 0.25) is 5.02 Å². The molecule has 0 aliphatic carbocycles. The summed E-state index contributed by atoms with van der Waals surface area (Å²) in [6.45, 7) is 2.05. The number of rotatable bonds is 6. The molecule has 0 bridgehead atoms. The number of hydrogen-bond acceptors (Lipinski definition) is 7. The van der Waals surface area contributed by atoms with Crippen molar-refractivity contribution in [2.24, 2.45) is 0 Å². The van der Waals surface area contributed by atoms with Crippen LogP contribution < -0.4 is 15.1 Å². The molecule has 2 aliphatic rings. The highest BCUT2D eigenvalue weighted by Gasteiger charge is 2.45. The molecule has 0 saturated carbocycles. The summed E-state index contributed by atoms with van der Waals surface area (Å²) in [4.78, 5) is 28.1. The zero-order valence-electron chi connectivity index (χ0n) is 19.7. The number of carbonyl (C=O) groups is 1. The highest BCUT2D eigenvalue weighted by Crippen LogP contribution is 2.44. The third-order valence-corrected chi connectivity index (χ3v) is 8.46. The summed E-state index contributed by atoms with van der Waals surface area (Å²) in [5, 5.41) is 15.2. The molecular weight excluding hydrogens is 518 g/mol. The first kappa shape index (κ1) is 25.0. The number of benzene rings is 3. The largest absolute Gasteiger partial charge is 0.368 e. The molecule has 1 fully saturated rings. The van der Waals surface area contributed by atoms with E-state index in [1.807, 2.05) is 35.2 Å². The zero-order chi connectivity index (χ0) is 26.2. The summed E-state index contributed by atoms with van der Waals surface area (Å²) in [7, 11) is -4.40. The number of halogens is 1. The molecule has 5 rings (SSSR count). The Hall–Kier alpha value is -3.67. The van der Waals surface area contributed by atoms with Crippen molar-refractivity contribution in [3.8, 4) is 0 Å². The predicted molar refractivity (Wildman–Crippen MR) is 140 cm³/mol. The average molecular weight is 542 g/mol. The summed E-state index contributed by atoms with van der Waals surface area (Å²) >= 11 is 6.47. The van der Waals surface area contributed by atoms with E-state index < -0.39 is 27.5 Å². The molecule has 10 nitrogen and oxygen atoms in total. The van der Waals surface area contributed by atoms with Crippen LogP contribution in [0.4, 0.5) is 21.9 Å². The van der Waals surface area contributed by atoms with Gasteiger partial charge in [0.25, 0.3) is 15.7 Å². The molecule has 2 aliphatic heterocycles. The van der Waals surface area contributed by atoms with Gasteiger partial charge in [-0.15, -0.1) is 0 Å². The third-order valence-electron chi connectivity index (χ3n) is 6.44. The molecule has 0 unspecified atom stereocenters. The molecule has 0 radical (unpaired) electrons. The molecule has 1 saturated heterocycles. The standard InChI is InChI=1S/C25H24ClN5O5S/c26-20-14-22(28-12-10-27-11-13-28)24-23(15-20)29(16-18-6-2-1-3-7-18)25(32)30(37(24,35)36)17-19-8-4-5-9-21(19)31(33)34/h1-9,14-15,27H,10-13,16-17H2. The number of para-hydroxylation sites is 1. The van der Waals surface area contributed by atoms with Gasteiger partial charge in [0.15, 0.2) is 0 Å². The topological polar surface area (TPSA) is 116 Å². The van der Waals surface area contributed by atoms with Crippen LogP contribution in [0.1, 0.15) is 11.1 Å². The van der Waals surface area contributed by atoms with Crippen molar-refractivity contribution < 1.29 is 18.1 Å². The molecule has 3 aromatic carbocycles.